The van der Waals surface area contributed by atoms with Gasteiger partial charge in [0.2, 0.25) is 5.88 Å². The van der Waals surface area contributed by atoms with E-state index in [1.165, 1.54) is 12.8 Å². The summed E-state index contributed by atoms with van der Waals surface area (Å²) >= 11 is 0. The standard InChI is InChI=1S/C12H21N3O/c1-4-5-6-9-15(2)12-10(13)7-8-11(14-12)16-3/h7-8H,4-6,9,13H2,1-3H3. The Labute approximate surface area is 97.4 Å². The van der Waals surface area contributed by atoms with Crippen molar-refractivity contribution in [2.75, 3.05) is 31.3 Å². The molecule has 1 rings (SSSR count). The zero-order valence-electron chi connectivity index (χ0n) is 10.4. The van der Waals surface area contributed by atoms with Gasteiger partial charge in [-0.15, -0.1) is 0 Å². The molecule has 16 heavy (non-hydrogen) atoms. The summed E-state index contributed by atoms with van der Waals surface area (Å²) in [6.07, 6.45) is 3.61. The molecule has 0 bridgehead atoms. The molecule has 4 heteroatoms. The normalized spacial score (nSPS) is 10.2. The first-order valence-corrected chi connectivity index (χ1v) is 5.70. The number of anilines is 2. The van der Waals surface area contributed by atoms with E-state index in [9.17, 15) is 0 Å². The number of aromatic nitrogens is 1. The molecule has 0 amide bonds. The van der Waals surface area contributed by atoms with E-state index in [2.05, 4.69) is 16.8 Å². The van der Waals surface area contributed by atoms with E-state index in [-0.39, 0.29) is 0 Å². The number of methoxy groups -OCH3 is 1. The summed E-state index contributed by atoms with van der Waals surface area (Å²) in [4.78, 5) is 6.43. The topological polar surface area (TPSA) is 51.4 Å². The van der Waals surface area contributed by atoms with Gasteiger partial charge in [-0.3, -0.25) is 0 Å². The first kappa shape index (κ1) is 12.6. The molecule has 2 N–H and O–H groups in total. The summed E-state index contributed by atoms with van der Waals surface area (Å²) in [5, 5.41) is 0. The van der Waals surface area contributed by atoms with E-state index >= 15 is 0 Å². The molecule has 0 atom stereocenters. The number of unbranched alkanes of at least 4 members (excludes halogenated alkanes) is 2. The number of ether oxygens (including phenoxy) is 1. The van der Waals surface area contributed by atoms with Gasteiger partial charge in [0.25, 0.3) is 0 Å². The van der Waals surface area contributed by atoms with Crippen molar-refractivity contribution in [3.05, 3.63) is 12.1 Å². The van der Waals surface area contributed by atoms with Crippen LogP contribution < -0.4 is 15.4 Å². The van der Waals surface area contributed by atoms with Gasteiger partial charge in [0.1, 0.15) is 0 Å². The summed E-state index contributed by atoms with van der Waals surface area (Å²) < 4.78 is 5.09. The van der Waals surface area contributed by atoms with Gasteiger partial charge >= 0.3 is 0 Å². The van der Waals surface area contributed by atoms with E-state index in [1.807, 2.05) is 13.1 Å². The minimum atomic E-state index is 0.603. The Kier molecular flexibility index (Phi) is 4.89. The number of rotatable bonds is 6. The molecule has 0 saturated heterocycles. The van der Waals surface area contributed by atoms with E-state index in [0.717, 1.165) is 18.8 Å². The maximum atomic E-state index is 5.89. The van der Waals surface area contributed by atoms with Crippen LogP contribution in [0.4, 0.5) is 11.5 Å². The van der Waals surface area contributed by atoms with Crippen LogP contribution in [0.1, 0.15) is 26.2 Å². The van der Waals surface area contributed by atoms with Crippen LogP contribution in [-0.2, 0) is 0 Å². The highest BCUT2D eigenvalue weighted by Gasteiger charge is 2.08. The van der Waals surface area contributed by atoms with E-state index < -0.39 is 0 Å². The van der Waals surface area contributed by atoms with E-state index in [4.69, 9.17) is 10.5 Å². The van der Waals surface area contributed by atoms with Crippen molar-refractivity contribution >= 4 is 11.5 Å². The largest absolute Gasteiger partial charge is 0.481 e. The van der Waals surface area contributed by atoms with Gasteiger partial charge in [-0.1, -0.05) is 19.8 Å². The second-order valence-corrected chi connectivity index (χ2v) is 3.90. The Morgan fingerprint density at radius 2 is 2.12 bits per heavy atom. The zero-order chi connectivity index (χ0) is 12.0. The average molecular weight is 223 g/mol. The first-order chi connectivity index (χ1) is 7.69. The summed E-state index contributed by atoms with van der Waals surface area (Å²) in [6, 6.07) is 3.61. The van der Waals surface area contributed by atoms with Crippen LogP contribution in [0.3, 0.4) is 0 Å². The fourth-order valence-electron chi connectivity index (χ4n) is 1.57. The minimum Gasteiger partial charge on any atom is -0.481 e. The molecule has 0 saturated carbocycles. The SMILES string of the molecule is CCCCCN(C)c1nc(OC)ccc1N. The van der Waals surface area contributed by atoms with Crippen molar-refractivity contribution in [1.82, 2.24) is 4.98 Å². The van der Waals surface area contributed by atoms with Gasteiger partial charge < -0.3 is 15.4 Å². The molecule has 0 radical (unpaired) electrons. The van der Waals surface area contributed by atoms with Gasteiger partial charge in [-0.25, -0.2) is 0 Å². The van der Waals surface area contributed by atoms with Crippen molar-refractivity contribution in [1.29, 1.82) is 0 Å². The lowest BCUT2D eigenvalue weighted by molar-refractivity contribution is 0.398. The molecule has 90 valence electrons. The molecular weight excluding hydrogens is 202 g/mol. The van der Waals surface area contributed by atoms with Crippen LogP contribution in [0.15, 0.2) is 12.1 Å². The monoisotopic (exact) mass is 223 g/mol. The summed E-state index contributed by atoms with van der Waals surface area (Å²) in [5.41, 5.74) is 6.58. The van der Waals surface area contributed by atoms with Gasteiger partial charge in [0.15, 0.2) is 5.82 Å². The molecule has 0 aliphatic rings. The second-order valence-electron chi connectivity index (χ2n) is 3.90. The number of nitrogens with zero attached hydrogens (tertiary/aromatic N) is 2. The van der Waals surface area contributed by atoms with Crippen LogP contribution >= 0.6 is 0 Å². The zero-order valence-corrected chi connectivity index (χ0v) is 10.4. The molecule has 0 spiro atoms. The quantitative estimate of drug-likeness (QED) is 0.752. The van der Waals surface area contributed by atoms with Gasteiger partial charge in [-0.2, -0.15) is 4.98 Å². The highest BCUT2D eigenvalue weighted by atomic mass is 16.5. The Morgan fingerprint density at radius 3 is 2.75 bits per heavy atom. The minimum absolute atomic E-state index is 0.603. The van der Waals surface area contributed by atoms with Crippen LogP contribution in [0.2, 0.25) is 0 Å². The van der Waals surface area contributed by atoms with Gasteiger partial charge in [-0.05, 0) is 12.5 Å². The third-order valence-electron chi connectivity index (χ3n) is 2.55. The Bertz CT molecular complexity index is 328. The number of nitrogen functional groups attached to an aromatic ring is 1. The first-order valence-electron chi connectivity index (χ1n) is 5.70. The molecule has 0 unspecified atom stereocenters. The summed E-state index contributed by atoms with van der Waals surface area (Å²) in [7, 11) is 3.62. The van der Waals surface area contributed by atoms with Crippen molar-refractivity contribution in [2.24, 2.45) is 0 Å². The van der Waals surface area contributed by atoms with Crippen LogP contribution in [0.5, 0.6) is 5.88 Å². The molecule has 0 aliphatic heterocycles. The smallest absolute Gasteiger partial charge is 0.215 e. The molecular formula is C12H21N3O. The third-order valence-corrected chi connectivity index (χ3v) is 2.55. The number of pyridine rings is 1. The number of nitrogens with two attached hydrogens (primary N) is 1. The summed E-state index contributed by atoms with van der Waals surface area (Å²) in [5.74, 6) is 1.40. The predicted molar refractivity (Wildman–Crippen MR) is 68.0 cm³/mol. The van der Waals surface area contributed by atoms with E-state index in [1.54, 1.807) is 13.2 Å². The summed E-state index contributed by atoms with van der Waals surface area (Å²) in [6.45, 7) is 3.16. The maximum Gasteiger partial charge on any atom is 0.215 e. The predicted octanol–water partition coefficient (Wildman–Crippen LogP) is 2.30. The molecule has 1 heterocycles. The maximum absolute atomic E-state index is 5.89. The van der Waals surface area contributed by atoms with E-state index in [0.29, 0.717) is 11.6 Å². The fraction of sp³-hybridized carbons (Fsp3) is 0.583. The Balaban J connectivity index is 2.69. The molecule has 1 aromatic rings. The molecule has 1 aromatic heterocycles. The van der Waals surface area contributed by atoms with Gasteiger partial charge in [0, 0.05) is 19.7 Å². The molecule has 0 aromatic carbocycles. The van der Waals surface area contributed by atoms with Crippen LogP contribution in [-0.4, -0.2) is 25.7 Å². The lowest BCUT2D eigenvalue weighted by Crippen LogP contribution is -2.21. The van der Waals surface area contributed by atoms with Crippen LogP contribution in [0, 0.1) is 0 Å². The highest BCUT2D eigenvalue weighted by molar-refractivity contribution is 5.63. The molecule has 0 fully saturated rings. The van der Waals surface area contributed by atoms with Crippen molar-refractivity contribution in [3.63, 3.8) is 0 Å². The highest BCUT2D eigenvalue weighted by Crippen LogP contribution is 2.22. The van der Waals surface area contributed by atoms with Crippen molar-refractivity contribution < 1.29 is 4.74 Å². The molecule has 4 nitrogen and oxygen atoms in total. The second kappa shape index (κ2) is 6.20. The number of hydrogen-bond donors (Lipinski definition) is 1. The Morgan fingerprint density at radius 1 is 1.38 bits per heavy atom. The van der Waals surface area contributed by atoms with Gasteiger partial charge in [0.05, 0.1) is 12.8 Å². The third kappa shape index (κ3) is 3.29. The van der Waals surface area contributed by atoms with Crippen molar-refractivity contribution in [2.45, 2.75) is 26.2 Å². The Hall–Kier alpha value is -1.45. The number of hydrogen-bond acceptors (Lipinski definition) is 4. The lowest BCUT2D eigenvalue weighted by Gasteiger charge is -2.20. The average Bonchev–Trinajstić information content (AvgIpc) is 2.30. The fourth-order valence-corrected chi connectivity index (χ4v) is 1.57. The molecule has 0 aliphatic carbocycles. The van der Waals surface area contributed by atoms with Crippen molar-refractivity contribution in [3.8, 4) is 5.88 Å². The van der Waals surface area contributed by atoms with Crippen LogP contribution in [0.25, 0.3) is 0 Å². The lowest BCUT2D eigenvalue weighted by atomic mass is 10.2.